The summed E-state index contributed by atoms with van der Waals surface area (Å²) in [6, 6.07) is 13.9. The molecule has 7 nitrogen and oxygen atoms in total. The number of carbonyl (C=O) groups excluding carboxylic acids is 3. The summed E-state index contributed by atoms with van der Waals surface area (Å²) >= 11 is 3.34. The number of nitrogens with zero attached hydrogens (tertiary/aromatic N) is 1. The number of carbonyl (C=O) groups is 3. The Morgan fingerprint density at radius 2 is 1.93 bits per heavy atom. The third-order valence-corrected chi connectivity index (χ3v) is 4.76. The van der Waals surface area contributed by atoms with Gasteiger partial charge in [-0.05, 0) is 49.7 Å². The summed E-state index contributed by atoms with van der Waals surface area (Å²) in [6.07, 6.45) is 0.520. The zero-order valence-electron chi connectivity index (χ0n) is 15.3. The molecule has 2 N–H and O–H groups in total. The molecule has 1 atom stereocenters. The number of hydrogen-bond acceptors (Lipinski definition) is 4. The lowest BCUT2D eigenvalue weighted by atomic mass is 10.2. The van der Waals surface area contributed by atoms with E-state index < -0.39 is 17.9 Å². The first-order chi connectivity index (χ1) is 13.4. The first-order valence-electron chi connectivity index (χ1n) is 8.87. The number of hydrazine groups is 1. The maximum absolute atomic E-state index is 12.3. The lowest BCUT2D eigenvalue weighted by Gasteiger charge is -2.17. The zero-order chi connectivity index (χ0) is 20.1. The SMILES string of the molecule is CC(Oc1cccc(Br)c1)C(=O)NNC(=O)c1cccc(N2CCCC2=O)c1. The molecule has 0 radical (unpaired) electrons. The van der Waals surface area contributed by atoms with Crippen LogP contribution >= 0.6 is 15.9 Å². The van der Waals surface area contributed by atoms with Crippen LogP contribution in [-0.2, 0) is 9.59 Å². The quantitative estimate of drug-likeness (QED) is 0.692. The fourth-order valence-electron chi connectivity index (χ4n) is 2.83. The molecule has 0 aromatic heterocycles. The van der Waals surface area contributed by atoms with Crippen LogP contribution in [0.2, 0.25) is 0 Å². The lowest BCUT2D eigenvalue weighted by Crippen LogP contribution is -2.47. The van der Waals surface area contributed by atoms with Crippen LogP contribution in [0.3, 0.4) is 0 Å². The van der Waals surface area contributed by atoms with Crippen LogP contribution in [0.25, 0.3) is 0 Å². The van der Waals surface area contributed by atoms with Gasteiger partial charge in [0.15, 0.2) is 6.10 Å². The summed E-state index contributed by atoms with van der Waals surface area (Å²) < 4.78 is 6.39. The molecule has 3 rings (SSSR count). The molecule has 1 aliphatic rings. The van der Waals surface area contributed by atoms with E-state index in [0.29, 0.717) is 30.0 Å². The van der Waals surface area contributed by atoms with E-state index in [9.17, 15) is 14.4 Å². The average molecular weight is 446 g/mol. The van der Waals surface area contributed by atoms with Crippen molar-refractivity contribution in [2.24, 2.45) is 0 Å². The van der Waals surface area contributed by atoms with Gasteiger partial charge in [-0.2, -0.15) is 0 Å². The molecule has 1 saturated heterocycles. The molecular formula is C20H20BrN3O4. The topological polar surface area (TPSA) is 87.7 Å². The Balaban J connectivity index is 1.56. The molecule has 146 valence electrons. The summed E-state index contributed by atoms with van der Waals surface area (Å²) in [4.78, 5) is 38.0. The largest absolute Gasteiger partial charge is 0.481 e. The number of anilines is 1. The van der Waals surface area contributed by atoms with Gasteiger partial charge in [0.1, 0.15) is 5.75 Å². The van der Waals surface area contributed by atoms with Gasteiger partial charge in [0.2, 0.25) is 5.91 Å². The molecular weight excluding hydrogens is 426 g/mol. The van der Waals surface area contributed by atoms with Crippen molar-refractivity contribution in [3.05, 3.63) is 58.6 Å². The van der Waals surface area contributed by atoms with E-state index in [2.05, 4.69) is 26.8 Å². The van der Waals surface area contributed by atoms with Crippen molar-refractivity contribution in [2.75, 3.05) is 11.4 Å². The number of amides is 3. The zero-order valence-corrected chi connectivity index (χ0v) is 16.9. The lowest BCUT2D eigenvalue weighted by molar-refractivity contribution is -0.128. The number of hydrogen-bond donors (Lipinski definition) is 2. The van der Waals surface area contributed by atoms with Crippen molar-refractivity contribution in [1.82, 2.24) is 10.9 Å². The minimum atomic E-state index is -0.803. The Kier molecular flexibility index (Phi) is 6.30. The standard InChI is InChI=1S/C20H20BrN3O4/c1-13(28-17-8-3-6-15(21)12-17)19(26)22-23-20(27)14-5-2-7-16(11-14)24-10-4-9-18(24)25/h2-3,5-8,11-13H,4,9-10H2,1H3,(H,22,26)(H,23,27). The molecule has 8 heteroatoms. The number of nitrogens with one attached hydrogen (secondary N) is 2. The molecule has 0 spiro atoms. The molecule has 3 amide bonds. The third-order valence-electron chi connectivity index (χ3n) is 4.27. The molecule has 1 aliphatic heterocycles. The van der Waals surface area contributed by atoms with Crippen LogP contribution in [0.1, 0.15) is 30.1 Å². The summed E-state index contributed by atoms with van der Waals surface area (Å²) in [5, 5.41) is 0. The van der Waals surface area contributed by atoms with Crippen LogP contribution in [-0.4, -0.2) is 30.4 Å². The Morgan fingerprint density at radius 3 is 2.64 bits per heavy atom. The van der Waals surface area contributed by atoms with Gasteiger partial charge >= 0.3 is 0 Å². The predicted octanol–water partition coefficient (Wildman–Crippen LogP) is 2.80. The van der Waals surface area contributed by atoms with Gasteiger partial charge in [0.05, 0.1) is 0 Å². The van der Waals surface area contributed by atoms with Gasteiger partial charge < -0.3 is 9.64 Å². The van der Waals surface area contributed by atoms with Crippen LogP contribution in [0, 0.1) is 0 Å². The summed E-state index contributed by atoms with van der Waals surface area (Å²) in [7, 11) is 0. The molecule has 0 saturated carbocycles. The molecule has 2 aromatic rings. The van der Waals surface area contributed by atoms with Crippen molar-refractivity contribution < 1.29 is 19.1 Å². The maximum Gasteiger partial charge on any atom is 0.279 e. The van der Waals surface area contributed by atoms with E-state index in [-0.39, 0.29) is 5.91 Å². The van der Waals surface area contributed by atoms with Crippen molar-refractivity contribution in [2.45, 2.75) is 25.9 Å². The van der Waals surface area contributed by atoms with Crippen LogP contribution in [0.15, 0.2) is 53.0 Å². The van der Waals surface area contributed by atoms with E-state index in [1.165, 1.54) is 0 Å². The highest BCUT2D eigenvalue weighted by atomic mass is 79.9. The summed E-state index contributed by atoms with van der Waals surface area (Å²) in [5.41, 5.74) is 5.75. The Labute approximate surface area is 171 Å². The number of rotatable bonds is 5. The van der Waals surface area contributed by atoms with E-state index in [0.717, 1.165) is 10.9 Å². The molecule has 28 heavy (non-hydrogen) atoms. The first kappa shape index (κ1) is 19.9. The van der Waals surface area contributed by atoms with Crippen LogP contribution in [0.5, 0.6) is 5.75 Å². The fourth-order valence-corrected chi connectivity index (χ4v) is 3.20. The van der Waals surface area contributed by atoms with E-state index in [1.807, 2.05) is 6.07 Å². The second-order valence-corrected chi connectivity index (χ2v) is 7.28. The highest BCUT2D eigenvalue weighted by Gasteiger charge is 2.22. The summed E-state index contributed by atoms with van der Waals surface area (Å²) in [6.45, 7) is 2.23. The van der Waals surface area contributed by atoms with Crippen molar-refractivity contribution in [1.29, 1.82) is 0 Å². The van der Waals surface area contributed by atoms with Crippen molar-refractivity contribution >= 4 is 39.3 Å². The Hall–Kier alpha value is -2.87. The van der Waals surface area contributed by atoms with Gasteiger partial charge in [-0.1, -0.05) is 28.1 Å². The normalized spacial score (nSPS) is 14.5. The first-order valence-corrected chi connectivity index (χ1v) is 9.66. The Morgan fingerprint density at radius 1 is 1.14 bits per heavy atom. The minimum absolute atomic E-state index is 0.0457. The van der Waals surface area contributed by atoms with E-state index in [1.54, 1.807) is 54.3 Å². The number of halogens is 1. The summed E-state index contributed by atoms with van der Waals surface area (Å²) in [5.74, 6) is -0.383. The molecule has 1 fully saturated rings. The van der Waals surface area contributed by atoms with Gasteiger partial charge in [-0.15, -0.1) is 0 Å². The highest BCUT2D eigenvalue weighted by Crippen LogP contribution is 2.22. The smallest absolute Gasteiger partial charge is 0.279 e. The molecule has 1 heterocycles. The van der Waals surface area contributed by atoms with Gasteiger partial charge in [0.25, 0.3) is 11.8 Å². The third kappa shape index (κ3) is 4.89. The number of ether oxygens (including phenoxy) is 1. The minimum Gasteiger partial charge on any atom is -0.481 e. The van der Waals surface area contributed by atoms with Crippen LogP contribution < -0.4 is 20.5 Å². The van der Waals surface area contributed by atoms with E-state index in [4.69, 9.17) is 4.74 Å². The maximum atomic E-state index is 12.3. The molecule has 0 aliphatic carbocycles. The van der Waals surface area contributed by atoms with Crippen molar-refractivity contribution in [3.63, 3.8) is 0 Å². The van der Waals surface area contributed by atoms with Crippen LogP contribution in [0.4, 0.5) is 5.69 Å². The van der Waals surface area contributed by atoms with Gasteiger partial charge in [0, 0.05) is 28.7 Å². The second kappa shape index (κ2) is 8.88. The second-order valence-electron chi connectivity index (χ2n) is 6.36. The van der Waals surface area contributed by atoms with Gasteiger partial charge in [-0.25, -0.2) is 0 Å². The van der Waals surface area contributed by atoms with E-state index >= 15 is 0 Å². The Bertz CT molecular complexity index is 903. The van der Waals surface area contributed by atoms with Gasteiger partial charge in [-0.3, -0.25) is 25.2 Å². The predicted molar refractivity (Wildman–Crippen MR) is 108 cm³/mol. The highest BCUT2D eigenvalue weighted by molar-refractivity contribution is 9.10. The van der Waals surface area contributed by atoms with Crippen molar-refractivity contribution in [3.8, 4) is 5.75 Å². The molecule has 1 unspecified atom stereocenters. The molecule has 2 aromatic carbocycles. The monoisotopic (exact) mass is 445 g/mol. The average Bonchev–Trinajstić information content (AvgIpc) is 3.12. The fraction of sp³-hybridized carbons (Fsp3) is 0.250. The number of benzene rings is 2. The molecule has 0 bridgehead atoms.